The summed E-state index contributed by atoms with van der Waals surface area (Å²) in [7, 11) is 6.27. The van der Waals surface area contributed by atoms with Crippen LogP contribution in [0.4, 0.5) is 0 Å². The average molecular weight is 996 g/mol. The maximum absolute atomic E-state index is 13.2. The lowest BCUT2D eigenvalue weighted by atomic mass is 9.68. The summed E-state index contributed by atoms with van der Waals surface area (Å²) in [6.45, 7) is 13.1. The highest BCUT2D eigenvalue weighted by molar-refractivity contribution is 5.85. The molecule has 2 N–H and O–H groups in total. The van der Waals surface area contributed by atoms with Crippen LogP contribution in [0, 0.1) is 52.8 Å². The molecule has 72 heavy (non-hydrogen) atoms. The number of hydrogen-bond acceptors (Lipinski definition) is 7. The highest BCUT2D eigenvalue weighted by Gasteiger charge is 2.52. The van der Waals surface area contributed by atoms with Crippen molar-refractivity contribution in [3.05, 3.63) is 46.9 Å². The average Bonchev–Trinajstić information content (AvgIpc) is 3.93. The zero-order valence-electron chi connectivity index (χ0n) is 46.8. The first kappa shape index (κ1) is 54.2. The Hall–Kier alpha value is -2.62. The van der Waals surface area contributed by atoms with Gasteiger partial charge < -0.3 is 34.6 Å². The van der Waals surface area contributed by atoms with E-state index in [4.69, 9.17) is 14.2 Å². The summed E-state index contributed by atoms with van der Waals surface area (Å²) in [5.41, 5.74) is 4.36. The quantitative estimate of drug-likeness (QED) is 0.0674. The van der Waals surface area contributed by atoms with Gasteiger partial charge in [-0.05, 0) is 226 Å². The van der Waals surface area contributed by atoms with Crippen LogP contribution < -0.4 is 10.6 Å². The second-order valence-electron chi connectivity index (χ2n) is 25.4. The van der Waals surface area contributed by atoms with E-state index in [1.807, 2.05) is 0 Å². The van der Waals surface area contributed by atoms with Crippen molar-refractivity contribution in [1.29, 1.82) is 0 Å². The van der Waals surface area contributed by atoms with Gasteiger partial charge in [-0.15, -0.1) is 0 Å². The molecule has 11 atom stereocenters. The van der Waals surface area contributed by atoms with Gasteiger partial charge in [-0.2, -0.15) is 4.58 Å². The number of hydrogen-bond donors (Lipinski definition) is 2. The summed E-state index contributed by atoms with van der Waals surface area (Å²) >= 11 is 0. The molecule has 0 radical (unpaired) electrons. The molecule has 4 saturated carbocycles. The lowest BCUT2D eigenvalue weighted by molar-refractivity contribution is -0.536. The Morgan fingerprint density at radius 2 is 1.51 bits per heavy atom. The van der Waals surface area contributed by atoms with Gasteiger partial charge in [0.05, 0.1) is 12.1 Å². The van der Waals surface area contributed by atoms with Crippen molar-refractivity contribution >= 4 is 11.8 Å². The lowest BCUT2D eigenvalue weighted by Gasteiger charge is -2.42. The van der Waals surface area contributed by atoms with Crippen LogP contribution in [0.25, 0.3) is 0 Å². The van der Waals surface area contributed by atoms with Gasteiger partial charge in [0.1, 0.15) is 19.9 Å². The van der Waals surface area contributed by atoms with Crippen molar-refractivity contribution in [3.63, 3.8) is 0 Å². The van der Waals surface area contributed by atoms with Gasteiger partial charge in [-0.3, -0.25) is 4.79 Å². The molecule has 0 aromatic carbocycles. The van der Waals surface area contributed by atoms with Gasteiger partial charge >= 0.3 is 5.90 Å². The zero-order chi connectivity index (χ0) is 50.0. The van der Waals surface area contributed by atoms with Crippen molar-refractivity contribution in [2.24, 2.45) is 52.8 Å². The van der Waals surface area contributed by atoms with Crippen molar-refractivity contribution in [2.45, 2.75) is 225 Å². The van der Waals surface area contributed by atoms with E-state index < -0.39 is 0 Å². The van der Waals surface area contributed by atoms with Crippen LogP contribution in [0.3, 0.4) is 0 Å². The van der Waals surface area contributed by atoms with E-state index in [1.165, 1.54) is 161 Å². The number of ether oxygens (including phenoxy) is 3. The molecule has 4 heterocycles. The van der Waals surface area contributed by atoms with Crippen LogP contribution >= 0.6 is 0 Å². The largest absolute Gasteiger partial charge is 0.473 e. The number of likely N-dealkylation sites (N-methyl/N-ethyl adjacent to an activating group) is 2. The number of carbonyl (C=O) groups is 1. The Kier molecular flexibility index (Phi) is 19.5. The molecule has 0 aromatic heterocycles. The summed E-state index contributed by atoms with van der Waals surface area (Å²) in [6, 6.07) is 1.08. The van der Waals surface area contributed by atoms with Crippen LogP contribution in [-0.2, 0) is 19.0 Å². The van der Waals surface area contributed by atoms with Crippen LogP contribution in [0.15, 0.2) is 46.9 Å². The molecular weight excluding hydrogens is 891 g/mol. The van der Waals surface area contributed by atoms with E-state index >= 15 is 0 Å². The van der Waals surface area contributed by atoms with Crippen LogP contribution in [0.5, 0.6) is 0 Å². The lowest BCUT2D eigenvalue weighted by Crippen LogP contribution is -2.45. The number of piperidine rings is 2. The summed E-state index contributed by atoms with van der Waals surface area (Å²) < 4.78 is 21.6. The Bertz CT molecular complexity index is 1930. The molecule has 1 amide bonds. The first-order valence-electron chi connectivity index (χ1n) is 30.9. The molecule has 0 bridgehead atoms. The summed E-state index contributed by atoms with van der Waals surface area (Å²) in [6.07, 6.45) is 46.3. The van der Waals surface area contributed by atoms with Crippen molar-refractivity contribution in [1.82, 2.24) is 20.4 Å². The number of nitrogens with zero attached hydrogens (tertiary/aromatic N) is 3. The van der Waals surface area contributed by atoms with Gasteiger partial charge in [0.25, 0.3) is 0 Å². The number of carbonyl (C=O) groups excluding carboxylic acids is 1. The van der Waals surface area contributed by atoms with Gasteiger partial charge in [0.2, 0.25) is 5.91 Å². The number of methoxy groups -OCH3 is 1. The number of rotatable bonds is 21. The minimum absolute atomic E-state index is 0.152. The minimum Gasteiger partial charge on any atom is -0.473 e. The normalized spacial score (nSPS) is 33.6. The summed E-state index contributed by atoms with van der Waals surface area (Å²) in [5.74, 6) is 8.74. The SMILES string of the molecule is CCC(CCC(CCC(C)(CC)C(=O)NCOC)C1CCNCC1)C1CCN(CCCCC2=C(/C=C/C3=[N+](C)C4CCC5CCCCC5C4O3)CCC/C2=C\C=C2/OC3C4CCCCC4CCC3N2C)CC1. The number of amides is 1. The molecule has 5 aliphatic carbocycles. The molecule has 9 aliphatic rings. The molecule has 3 saturated heterocycles. The number of likely N-dealkylation sites (tertiary alicyclic amines) is 1. The molecule has 9 nitrogen and oxygen atoms in total. The summed E-state index contributed by atoms with van der Waals surface area (Å²) in [5, 5.41) is 6.65. The highest BCUT2D eigenvalue weighted by atomic mass is 16.5. The maximum atomic E-state index is 13.2. The molecule has 9 rings (SSSR count). The third kappa shape index (κ3) is 12.8. The number of fused-ring (bicyclic) bond motifs is 6. The second-order valence-corrected chi connectivity index (χ2v) is 25.4. The van der Waals surface area contributed by atoms with E-state index in [0.29, 0.717) is 36.9 Å². The smallest absolute Gasteiger partial charge is 0.363 e. The first-order valence-corrected chi connectivity index (χ1v) is 30.9. The highest BCUT2D eigenvalue weighted by Crippen LogP contribution is 2.48. The molecule has 9 heteroatoms. The van der Waals surface area contributed by atoms with E-state index in [-0.39, 0.29) is 11.3 Å². The van der Waals surface area contributed by atoms with Gasteiger partial charge in [-0.1, -0.05) is 71.8 Å². The fraction of sp³-hybridized carbons (Fsp3) is 0.841. The van der Waals surface area contributed by atoms with Crippen LogP contribution in [0.2, 0.25) is 0 Å². The monoisotopic (exact) mass is 995 g/mol. The predicted molar refractivity (Wildman–Crippen MR) is 295 cm³/mol. The van der Waals surface area contributed by atoms with E-state index in [1.54, 1.807) is 23.8 Å². The number of nitrogens with one attached hydrogen (secondary N) is 2. The molecule has 11 unspecified atom stereocenters. The van der Waals surface area contributed by atoms with E-state index in [0.717, 1.165) is 105 Å². The first-order chi connectivity index (χ1) is 35.2. The topological polar surface area (TPSA) is 78.3 Å². The zero-order valence-corrected chi connectivity index (χ0v) is 46.8. The minimum atomic E-state index is -0.331. The molecular formula is C63H104N5O4+. The van der Waals surface area contributed by atoms with Gasteiger partial charge in [0, 0.05) is 37.8 Å². The second kappa shape index (κ2) is 25.9. The van der Waals surface area contributed by atoms with E-state index in [9.17, 15) is 4.79 Å². The van der Waals surface area contributed by atoms with Crippen molar-refractivity contribution < 1.29 is 23.6 Å². The van der Waals surface area contributed by atoms with Gasteiger partial charge in [0.15, 0.2) is 18.0 Å². The Morgan fingerprint density at radius 1 is 0.806 bits per heavy atom. The number of allylic oxidation sites excluding steroid dienone is 6. The third-order valence-corrected chi connectivity index (χ3v) is 21.6. The third-order valence-electron chi connectivity index (χ3n) is 21.6. The Morgan fingerprint density at radius 3 is 2.25 bits per heavy atom. The molecule has 7 fully saturated rings. The maximum Gasteiger partial charge on any atom is 0.363 e. The summed E-state index contributed by atoms with van der Waals surface area (Å²) in [4.78, 5) is 18.5. The van der Waals surface area contributed by atoms with Crippen molar-refractivity contribution in [2.75, 3.05) is 60.7 Å². The standard InChI is InChI=1S/C63H103N5O4/c1-7-45(23-24-46(47-34-39-64-40-35-47)33-38-63(3,8-2)62(69)65-44-70-6)48-36-42-68(43-37-48)41-14-13-20-53-49(27-31-58-66(4)56-29-25-51-16-9-11-21-54(51)60(56)71-58)18-15-19-50(53)28-32-59-67(5)57-30-26-52-17-10-12-22-55(52)61(57)72-59/h27-28,31-32,45-48,51-52,54-57,60-61,64H,7-26,29-30,33-44H2,1-6H3/p+1. The van der Waals surface area contributed by atoms with Crippen LogP contribution in [-0.4, -0.2) is 111 Å². The van der Waals surface area contributed by atoms with E-state index in [2.05, 4.69) is 84.2 Å². The molecule has 404 valence electrons. The molecule has 4 aliphatic heterocycles. The molecule has 0 spiro atoms. The van der Waals surface area contributed by atoms with Gasteiger partial charge in [-0.25, -0.2) is 0 Å². The Balaban J connectivity index is 0.816. The molecule has 0 aromatic rings. The number of unbranched alkanes of at least 4 members (excludes halogenated alkanes) is 1. The fourth-order valence-electron chi connectivity index (χ4n) is 16.7. The van der Waals surface area contributed by atoms with Crippen molar-refractivity contribution in [3.8, 4) is 0 Å². The van der Waals surface area contributed by atoms with Crippen LogP contribution in [0.1, 0.15) is 201 Å². The fourth-order valence-corrected chi connectivity index (χ4v) is 16.7. The predicted octanol–water partition coefficient (Wildman–Crippen LogP) is 12.7. The Labute approximate surface area is 439 Å².